The molecule has 0 N–H and O–H groups in total. The number of aromatic nitrogens is 2. The van der Waals surface area contributed by atoms with E-state index in [2.05, 4.69) is 53.7 Å². The number of nitriles is 1. The van der Waals surface area contributed by atoms with Crippen LogP contribution in [-0.4, -0.2) is 22.6 Å². The Bertz CT molecular complexity index is 608. The number of halogens is 4. The van der Waals surface area contributed by atoms with Gasteiger partial charge in [-0.3, -0.25) is 0 Å². The Kier molecular flexibility index (Phi) is 5.30. The van der Waals surface area contributed by atoms with Crippen molar-refractivity contribution in [3.05, 3.63) is 20.5 Å². The first kappa shape index (κ1) is 16.0. The molecule has 1 aliphatic heterocycles. The molecule has 1 aromatic rings. The van der Waals surface area contributed by atoms with Crippen molar-refractivity contribution in [2.45, 2.75) is 25.8 Å². The van der Waals surface area contributed by atoms with Crippen LogP contribution in [0.15, 0.2) is 3.94 Å². The molecule has 1 fully saturated rings. The van der Waals surface area contributed by atoms with E-state index in [-0.39, 0.29) is 11.0 Å². The molecule has 20 heavy (non-hydrogen) atoms. The largest absolute Gasteiger partial charge is 0.353 e. The third kappa shape index (κ3) is 3.11. The topological polar surface area (TPSA) is 52.8 Å². The normalized spacial score (nSPS) is 19.8. The number of rotatable bonds is 2. The maximum atomic E-state index is 9.02. The van der Waals surface area contributed by atoms with E-state index >= 15 is 0 Å². The van der Waals surface area contributed by atoms with Crippen LogP contribution >= 0.6 is 55.1 Å². The summed E-state index contributed by atoms with van der Waals surface area (Å²) in [6.45, 7) is 2.98. The molecule has 1 aromatic heterocycles. The summed E-state index contributed by atoms with van der Waals surface area (Å²) in [4.78, 5) is 10.4. The lowest BCUT2D eigenvalue weighted by Crippen LogP contribution is -2.28. The molecule has 1 unspecified atom stereocenters. The fraction of sp³-hybridized carbons (Fsp3) is 0.417. The summed E-state index contributed by atoms with van der Waals surface area (Å²) < 4.78 is 0.948. The lowest BCUT2D eigenvalue weighted by atomic mass is 10.2. The van der Waals surface area contributed by atoms with E-state index in [0.717, 1.165) is 19.4 Å². The SMILES string of the molecule is CC1CCCN1c1nc(C#N)nc(Cl)c1/C(Br)=C(/Cl)Br. The Labute approximate surface area is 144 Å². The van der Waals surface area contributed by atoms with Gasteiger partial charge in [-0.15, -0.1) is 0 Å². The molecule has 0 bridgehead atoms. The van der Waals surface area contributed by atoms with Crippen molar-refractivity contribution < 1.29 is 0 Å². The van der Waals surface area contributed by atoms with E-state index in [0.29, 0.717) is 25.8 Å². The first-order valence-corrected chi connectivity index (χ1v) is 8.25. The van der Waals surface area contributed by atoms with E-state index in [9.17, 15) is 0 Å². The van der Waals surface area contributed by atoms with Crippen molar-refractivity contribution in [3.63, 3.8) is 0 Å². The van der Waals surface area contributed by atoms with Gasteiger partial charge in [-0.2, -0.15) is 5.26 Å². The Morgan fingerprint density at radius 1 is 1.45 bits per heavy atom. The minimum Gasteiger partial charge on any atom is -0.353 e. The standard InChI is InChI=1S/C12H10Br2Cl2N4/c1-6-3-2-4-20(6)12-8(9(13)10(14)15)11(16)18-7(5-17)19-12/h6H,2-4H2,1H3/b10-9-. The first-order valence-electron chi connectivity index (χ1n) is 5.91. The van der Waals surface area contributed by atoms with Gasteiger partial charge in [0, 0.05) is 12.6 Å². The molecule has 0 amide bonds. The minimum atomic E-state index is 0.0545. The zero-order chi connectivity index (χ0) is 14.9. The summed E-state index contributed by atoms with van der Waals surface area (Å²) in [5.41, 5.74) is 0.598. The van der Waals surface area contributed by atoms with Gasteiger partial charge in [0.25, 0.3) is 0 Å². The molecule has 0 spiro atoms. The number of hydrogen-bond acceptors (Lipinski definition) is 4. The Hall–Kier alpha value is -0.350. The minimum absolute atomic E-state index is 0.0545. The molecule has 0 aliphatic carbocycles. The van der Waals surface area contributed by atoms with Gasteiger partial charge < -0.3 is 4.90 Å². The smallest absolute Gasteiger partial charge is 0.235 e. The zero-order valence-corrected chi connectivity index (χ0v) is 15.2. The van der Waals surface area contributed by atoms with Crippen LogP contribution in [0.1, 0.15) is 31.2 Å². The predicted molar refractivity (Wildman–Crippen MR) is 88.4 cm³/mol. The number of anilines is 1. The van der Waals surface area contributed by atoms with Crippen LogP contribution in [0.4, 0.5) is 5.82 Å². The van der Waals surface area contributed by atoms with Gasteiger partial charge in [-0.1, -0.05) is 23.2 Å². The second-order valence-electron chi connectivity index (χ2n) is 4.41. The number of hydrogen-bond donors (Lipinski definition) is 0. The molecule has 0 aromatic carbocycles. The van der Waals surface area contributed by atoms with E-state index in [1.165, 1.54) is 0 Å². The Morgan fingerprint density at radius 3 is 2.65 bits per heavy atom. The lowest BCUT2D eigenvalue weighted by molar-refractivity contribution is 0.724. The van der Waals surface area contributed by atoms with Crippen LogP contribution in [0.3, 0.4) is 0 Å². The van der Waals surface area contributed by atoms with Gasteiger partial charge in [-0.25, -0.2) is 9.97 Å². The van der Waals surface area contributed by atoms with Gasteiger partial charge in [-0.05, 0) is 51.6 Å². The summed E-state index contributed by atoms with van der Waals surface area (Å²) >= 11 is 18.8. The van der Waals surface area contributed by atoms with Crippen molar-refractivity contribution in [2.75, 3.05) is 11.4 Å². The molecule has 0 saturated carbocycles. The van der Waals surface area contributed by atoms with Gasteiger partial charge >= 0.3 is 0 Å². The molecule has 106 valence electrons. The van der Waals surface area contributed by atoms with Crippen LogP contribution < -0.4 is 4.90 Å². The molecule has 1 atom stereocenters. The van der Waals surface area contributed by atoms with Crippen molar-refractivity contribution in [2.24, 2.45) is 0 Å². The van der Waals surface area contributed by atoms with E-state index in [1.54, 1.807) is 0 Å². The molecule has 2 rings (SSSR count). The highest BCUT2D eigenvalue weighted by Crippen LogP contribution is 2.41. The van der Waals surface area contributed by atoms with E-state index in [4.69, 9.17) is 28.5 Å². The van der Waals surface area contributed by atoms with Crippen LogP contribution in [0.2, 0.25) is 5.15 Å². The fourth-order valence-corrected chi connectivity index (χ4v) is 3.24. The molecule has 2 heterocycles. The molecular weight excluding hydrogens is 431 g/mol. The summed E-state index contributed by atoms with van der Waals surface area (Å²) in [6.07, 6.45) is 2.15. The molecule has 1 saturated heterocycles. The lowest BCUT2D eigenvalue weighted by Gasteiger charge is -2.25. The van der Waals surface area contributed by atoms with Crippen LogP contribution in [0.25, 0.3) is 4.48 Å². The Balaban J connectivity index is 2.66. The summed E-state index contributed by atoms with van der Waals surface area (Å²) in [5, 5.41) is 9.23. The highest BCUT2D eigenvalue weighted by molar-refractivity contribution is 9.17. The quantitative estimate of drug-likeness (QED) is 0.628. The average Bonchev–Trinajstić information content (AvgIpc) is 2.83. The average molecular weight is 441 g/mol. The van der Waals surface area contributed by atoms with E-state index in [1.807, 2.05) is 6.07 Å². The second kappa shape index (κ2) is 6.61. The van der Waals surface area contributed by atoms with Gasteiger partial charge in [0.15, 0.2) is 0 Å². The highest BCUT2D eigenvalue weighted by atomic mass is 79.9. The summed E-state index contributed by atoms with van der Waals surface area (Å²) in [6, 6.07) is 2.27. The first-order chi connectivity index (χ1) is 9.45. The van der Waals surface area contributed by atoms with Crippen LogP contribution in [-0.2, 0) is 0 Å². The monoisotopic (exact) mass is 438 g/mol. The van der Waals surface area contributed by atoms with Crippen molar-refractivity contribution in [1.29, 1.82) is 5.26 Å². The summed E-state index contributed by atoms with van der Waals surface area (Å²) in [5.74, 6) is 0.690. The second-order valence-corrected chi connectivity index (χ2v) is 7.19. The number of nitrogens with zero attached hydrogens (tertiary/aromatic N) is 4. The zero-order valence-electron chi connectivity index (χ0n) is 10.5. The third-order valence-electron chi connectivity index (χ3n) is 3.16. The molecular formula is C12H10Br2Cl2N4. The highest BCUT2D eigenvalue weighted by Gasteiger charge is 2.28. The maximum absolute atomic E-state index is 9.02. The van der Waals surface area contributed by atoms with Gasteiger partial charge in [0.05, 0.1) is 14.0 Å². The molecule has 1 aliphatic rings. The molecule has 0 radical (unpaired) electrons. The fourth-order valence-electron chi connectivity index (χ4n) is 2.21. The van der Waals surface area contributed by atoms with Crippen molar-refractivity contribution in [3.8, 4) is 6.07 Å². The third-order valence-corrected chi connectivity index (χ3v) is 5.57. The molecule has 4 nitrogen and oxygen atoms in total. The van der Waals surface area contributed by atoms with Crippen molar-refractivity contribution in [1.82, 2.24) is 9.97 Å². The van der Waals surface area contributed by atoms with Crippen molar-refractivity contribution >= 4 is 65.4 Å². The predicted octanol–water partition coefficient (Wildman–Crippen LogP) is 4.65. The van der Waals surface area contributed by atoms with Gasteiger partial charge in [0.1, 0.15) is 17.0 Å². The Morgan fingerprint density at radius 2 is 2.15 bits per heavy atom. The van der Waals surface area contributed by atoms with E-state index < -0.39 is 0 Å². The molecule has 8 heteroatoms. The maximum Gasteiger partial charge on any atom is 0.235 e. The van der Waals surface area contributed by atoms with Crippen LogP contribution in [0, 0.1) is 11.3 Å². The van der Waals surface area contributed by atoms with Crippen LogP contribution in [0.5, 0.6) is 0 Å². The van der Waals surface area contributed by atoms with Gasteiger partial charge in [0.2, 0.25) is 5.82 Å². The summed E-state index contributed by atoms with van der Waals surface area (Å²) in [7, 11) is 0.